The Balaban J connectivity index is 1.18. The molecule has 286 valence electrons. The topological polar surface area (TPSA) is 157 Å². The van der Waals surface area contributed by atoms with E-state index in [1.807, 2.05) is 42.7 Å². The summed E-state index contributed by atoms with van der Waals surface area (Å²) < 4.78 is 40.1. The summed E-state index contributed by atoms with van der Waals surface area (Å²) in [4.78, 5) is 49.8. The molecule has 0 spiro atoms. The van der Waals surface area contributed by atoms with E-state index in [-0.39, 0.29) is 29.1 Å². The Labute approximate surface area is 321 Å². The lowest BCUT2D eigenvalue weighted by Crippen LogP contribution is -2.54. The van der Waals surface area contributed by atoms with Crippen LogP contribution in [-0.2, 0) is 24.4 Å². The average molecular weight is 784 g/mol. The fraction of sp³-hybridized carbons (Fsp3) is 0.553. The first kappa shape index (κ1) is 39.0. The number of thiazole rings is 1. The van der Waals surface area contributed by atoms with E-state index < -0.39 is 32.6 Å². The molecule has 12 nitrogen and oxygen atoms in total. The van der Waals surface area contributed by atoms with Crippen molar-refractivity contribution in [1.29, 1.82) is 0 Å². The summed E-state index contributed by atoms with van der Waals surface area (Å²) in [6.45, 7) is 6.81. The number of pyridine rings is 1. The van der Waals surface area contributed by atoms with Crippen molar-refractivity contribution >= 4 is 63.1 Å². The fourth-order valence-corrected chi connectivity index (χ4v) is 9.71. The van der Waals surface area contributed by atoms with Gasteiger partial charge >= 0.3 is 0 Å². The molecule has 1 aromatic carbocycles. The third kappa shape index (κ3) is 8.67. The molecular formula is C38H49N5O7S3. The van der Waals surface area contributed by atoms with Crippen molar-refractivity contribution < 1.29 is 32.3 Å². The molecule has 3 aromatic rings. The number of amides is 3. The molecule has 3 aliphatic carbocycles. The predicted molar refractivity (Wildman–Crippen MR) is 209 cm³/mol. The molecular weight excluding hydrogens is 735 g/mol. The lowest BCUT2D eigenvalue weighted by molar-refractivity contribution is -0.131. The number of nitrogens with one attached hydrogen (secondary N) is 2. The van der Waals surface area contributed by atoms with Gasteiger partial charge in [-0.3, -0.25) is 19.1 Å². The van der Waals surface area contributed by atoms with Crippen molar-refractivity contribution in [1.82, 2.24) is 24.9 Å². The molecule has 0 radical (unpaired) electrons. The van der Waals surface area contributed by atoms with Crippen LogP contribution in [0.3, 0.4) is 0 Å². The number of thiol groups is 1. The number of hydrogen-bond donors (Lipinski definition) is 3. The molecule has 3 fully saturated rings. The number of aromatic nitrogens is 2. The van der Waals surface area contributed by atoms with Crippen molar-refractivity contribution in [2.45, 2.75) is 100 Å². The van der Waals surface area contributed by atoms with Crippen LogP contribution in [0.2, 0.25) is 0 Å². The van der Waals surface area contributed by atoms with Gasteiger partial charge in [-0.15, -0.1) is 11.3 Å². The van der Waals surface area contributed by atoms with Crippen LogP contribution >= 0.6 is 24.0 Å². The number of allylic oxidation sites excluding steroid dienone is 1. The van der Waals surface area contributed by atoms with Gasteiger partial charge in [0.1, 0.15) is 33.8 Å². The van der Waals surface area contributed by atoms with E-state index in [0.717, 1.165) is 52.8 Å². The molecule has 5 atom stereocenters. The first-order valence-corrected chi connectivity index (χ1v) is 21.2. The van der Waals surface area contributed by atoms with Crippen molar-refractivity contribution in [2.75, 3.05) is 20.7 Å². The monoisotopic (exact) mass is 783 g/mol. The summed E-state index contributed by atoms with van der Waals surface area (Å²) >= 11 is 6.34. The number of carbonyl (C=O) groups is 3. The second kappa shape index (κ2) is 16.0. The van der Waals surface area contributed by atoms with Gasteiger partial charge in [0.15, 0.2) is 0 Å². The molecule has 2 heterocycles. The van der Waals surface area contributed by atoms with Gasteiger partial charge in [-0.1, -0.05) is 26.0 Å². The molecule has 3 aliphatic rings. The summed E-state index contributed by atoms with van der Waals surface area (Å²) in [5.74, 6) is -0.381. The Hall–Kier alpha value is -3.69. The van der Waals surface area contributed by atoms with E-state index in [9.17, 15) is 22.8 Å². The smallest absolute Gasteiger partial charge is 0.259 e. The average Bonchev–Trinajstić information content (AvgIpc) is 4.01. The number of nitrogens with zero attached hydrogens (tertiary/aromatic N) is 3. The van der Waals surface area contributed by atoms with Crippen LogP contribution in [0.15, 0.2) is 35.7 Å². The third-order valence-corrected chi connectivity index (χ3v) is 13.7. The molecule has 3 amide bonds. The number of hydrogen-bond acceptors (Lipinski definition) is 11. The van der Waals surface area contributed by atoms with E-state index in [4.69, 9.17) is 32.1 Å². The summed E-state index contributed by atoms with van der Waals surface area (Å²) in [6.07, 6.45) is 8.86. The van der Waals surface area contributed by atoms with Gasteiger partial charge in [0.05, 0.1) is 29.5 Å². The fourth-order valence-electron chi connectivity index (χ4n) is 6.92. The summed E-state index contributed by atoms with van der Waals surface area (Å²) in [5, 5.41) is 5.68. The molecule has 2 N–H and O–H groups in total. The number of aryl methyl sites for hydroxylation is 1. The van der Waals surface area contributed by atoms with Gasteiger partial charge in [0.25, 0.3) is 5.91 Å². The van der Waals surface area contributed by atoms with Crippen molar-refractivity contribution in [3.05, 3.63) is 47.0 Å². The highest BCUT2D eigenvalue weighted by atomic mass is 32.2. The molecule has 0 aliphatic heterocycles. The number of sulfonamides is 1. The van der Waals surface area contributed by atoms with Crippen LogP contribution in [0.5, 0.6) is 11.5 Å². The van der Waals surface area contributed by atoms with Crippen LogP contribution in [0.1, 0.15) is 82.4 Å². The minimum Gasteiger partial charge on any atom is -0.496 e. The van der Waals surface area contributed by atoms with Gasteiger partial charge in [-0.25, -0.2) is 18.4 Å². The Morgan fingerprint density at radius 2 is 1.94 bits per heavy atom. The molecule has 15 heteroatoms. The Morgan fingerprint density at radius 3 is 2.62 bits per heavy atom. The minimum atomic E-state index is -3.82. The van der Waals surface area contributed by atoms with Crippen molar-refractivity contribution in [3.63, 3.8) is 0 Å². The molecule has 6 rings (SSSR count). The quantitative estimate of drug-likeness (QED) is 0.0692. The zero-order valence-electron chi connectivity index (χ0n) is 30.8. The number of fused-ring (bicyclic) bond motifs is 1. The highest BCUT2D eigenvalue weighted by Gasteiger charge is 2.61. The third-order valence-electron chi connectivity index (χ3n) is 10.5. The SMILES string of the molecule is COc1ccc2c(O[C@@H]3CC(C(=O)NC4(C(=O)NS(=O)(=O)C5CC5)CC4/C=C\CCCCN(C)C=O)[C@H](S)C3)cc(-c3nc(C(C)C)cs3)nc2c1C. The van der Waals surface area contributed by atoms with Gasteiger partial charge < -0.3 is 19.7 Å². The second-order valence-electron chi connectivity index (χ2n) is 14.9. The number of methoxy groups -OCH3 is 1. The van der Waals surface area contributed by atoms with Crippen LogP contribution in [0.25, 0.3) is 21.6 Å². The lowest BCUT2D eigenvalue weighted by Gasteiger charge is -2.22. The molecule has 3 saturated carbocycles. The van der Waals surface area contributed by atoms with Crippen LogP contribution in [0.4, 0.5) is 0 Å². The first-order valence-electron chi connectivity index (χ1n) is 18.3. The van der Waals surface area contributed by atoms with Crippen molar-refractivity contribution in [3.8, 4) is 22.2 Å². The van der Waals surface area contributed by atoms with Gasteiger partial charge in [-0.05, 0) is 76.3 Å². The highest BCUT2D eigenvalue weighted by molar-refractivity contribution is 7.91. The van der Waals surface area contributed by atoms with E-state index >= 15 is 0 Å². The largest absolute Gasteiger partial charge is 0.496 e. The molecule has 0 bridgehead atoms. The van der Waals surface area contributed by atoms with E-state index in [1.165, 1.54) is 11.3 Å². The van der Waals surface area contributed by atoms with Gasteiger partial charge in [0, 0.05) is 47.2 Å². The van der Waals surface area contributed by atoms with Gasteiger partial charge in [0.2, 0.25) is 22.3 Å². The number of rotatable bonds is 17. The van der Waals surface area contributed by atoms with Crippen LogP contribution < -0.4 is 19.5 Å². The standard InChI is InChI=1S/C38H49N5O7S3/c1-22(2)30-20-52-36(40-30)29-18-32(27-13-14-31(49-5)23(3)34(27)39-29)50-25-16-28(33(51)17-25)35(45)41-38(37(46)42-53(47,48)26-11-12-26)19-24(38)10-8-6-7-9-15-43(4)21-44/h8,10,13-14,18,20-22,24-26,28,33,51H,6-7,9,11-12,15-17,19H2,1-5H3,(H,41,45)(H,42,46)/b10-8-/t24?,25-,28?,33-,38?/m1/s1. The van der Waals surface area contributed by atoms with Gasteiger partial charge in [-0.2, -0.15) is 12.6 Å². The number of carbonyl (C=O) groups excluding carboxylic acids is 3. The first-order chi connectivity index (χ1) is 25.3. The number of unbranched alkanes of at least 4 members (excludes halogenated alkanes) is 2. The zero-order valence-corrected chi connectivity index (χ0v) is 33.4. The Bertz CT molecular complexity index is 2000. The maximum Gasteiger partial charge on any atom is 0.259 e. The van der Waals surface area contributed by atoms with Crippen LogP contribution in [0, 0.1) is 18.8 Å². The summed E-state index contributed by atoms with van der Waals surface area (Å²) in [5.41, 5.74) is 1.92. The highest BCUT2D eigenvalue weighted by Crippen LogP contribution is 2.47. The summed E-state index contributed by atoms with van der Waals surface area (Å²) in [7, 11) is -0.462. The van der Waals surface area contributed by atoms with E-state index in [0.29, 0.717) is 55.8 Å². The maximum absolute atomic E-state index is 14.0. The number of benzene rings is 1. The lowest BCUT2D eigenvalue weighted by atomic mass is 10.0. The van der Waals surface area contributed by atoms with E-state index in [1.54, 1.807) is 19.1 Å². The maximum atomic E-state index is 14.0. The predicted octanol–water partition coefficient (Wildman–Crippen LogP) is 5.55. The molecule has 2 aromatic heterocycles. The molecule has 53 heavy (non-hydrogen) atoms. The van der Waals surface area contributed by atoms with E-state index in [2.05, 4.69) is 23.9 Å². The Morgan fingerprint density at radius 1 is 1.17 bits per heavy atom. The van der Waals surface area contributed by atoms with Crippen LogP contribution in [-0.4, -0.2) is 84.4 Å². The minimum absolute atomic E-state index is 0.272. The normalized spacial score (nSPS) is 24.1. The molecule has 0 saturated heterocycles. The zero-order chi connectivity index (χ0) is 38.1. The number of ether oxygens (including phenoxy) is 2. The Kier molecular flexibility index (Phi) is 11.7. The molecule has 3 unspecified atom stereocenters. The van der Waals surface area contributed by atoms with Crippen molar-refractivity contribution in [2.24, 2.45) is 11.8 Å². The summed E-state index contributed by atoms with van der Waals surface area (Å²) in [6, 6.07) is 5.72. The second-order valence-corrected chi connectivity index (χ2v) is 18.4.